The van der Waals surface area contributed by atoms with Crippen LogP contribution in [0.4, 0.5) is 0 Å². The van der Waals surface area contributed by atoms with Crippen LogP contribution < -0.4 is 4.89 Å². The monoisotopic (exact) mass is 1290 g/mol. The number of likely N-dealkylation sites (N-methyl/N-ethyl adjacent to an activating group) is 1. The van der Waals surface area contributed by atoms with Crippen molar-refractivity contribution in [1.82, 2.24) is 0 Å². The molecule has 0 aromatic heterocycles. The first kappa shape index (κ1) is 87.4. The van der Waals surface area contributed by atoms with Gasteiger partial charge in [0.15, 0.2) is 6.10 Å². The highest BCUT2D eigenvalue weighted by Crippen LogP contribution is 2.38. The fourth-order valence-corrected chi connectivity index (χ4v) is 10.4. The van der Waals surface area contributed by atoms with Crippen LogP contribution >= 0.6 is 7.82 Å². The normalized spacial score (nSPS) is 14.1. The summed E-state index contributed by atoms with van der Waals surface area (Å²) in [6, 6.07) is 0. The number of phosphoric ester groups is 1. The maximum atomic E-state index is 12.9. The summed E-state index contributed by atoms with van der Waals surface area (Å²) in [4.78, 5) is 38.1. The second kappa shape index (κ2) is 70.7. The first-order valence-corrected chi connectivity index (χ1v) is 38.3. The molecule has 0 saturated carbocycles. The molecule has 0 spiro atoms. The quantitative estimate of drug-likeness (QED) is 0.0195. The molecule has 0 rings (SSSR count). The van der Waals surface area contributed by atoms with E-state index in [1.54, 1.807) is 0 Å². The average Bonchev–Trinajstić information content (AvgIpc) is 2.23. The van der Waals surface area contributed by atoms with E-state index in [9.17, 15) is 19.0 Å². The molecule has 0 amide bonds. The highest BCUT2D eigenvalue weighted by atomic mass is 31.2. The first-order chi connectivity index (χ1) is 45.0. The summed E-state index contributed by atoms with van der Waals surface area (Å²) in [6.45, 7) is 3.97. The summed E-state index contributed by atoms with van der Waals surface area (Å²) in [5.41, 5.74) is 0. The van der Waals surface area contributed by atoms with Crippen LogP contribution in [-0.4, -0.2) is 70.0 Å². The molecule has 0 radical (unpaired) electrons. The molecule has 0 heterocycles. The van der Waals surface area contributed by atoms with Gasteiger partial charge < -0.3 is 27.9 Å². The van der Waals surface area contributed by atoms with Crippen molar-refractivity contribution in [2.75, 3.05) is 47.5 Å². The highest BCUT2D eigenvalue weighted by molar-refractivity contribution is 7.45. The van der Waals surface area contributed by atoms with Crippen LogP contribution in [0.3, 0.4) is 0 Å². The number of nitrogens with zero attached hydrogens (tertiary/aromatic N) is 1. The predicted octanol–water partition coefficient (Wildman–Crippen LogP) is 23.9. The minimum absolute atomic E-state index is 0.0470. The summed E-state index contributed by atoms with van der Waals surface area (Å²) in [5, 5.41) is 0. The lowest BCUT2D eigenvalue weighted by atomic mass is 10.0. The van der Waals surface area contributed by atoms with E-state index in [1.165, 1.54) is 128 Å². The SMILES string of the molecule is CC/C=C\C/C=C\C/C=C\C/C=C\C/C=C\C/C=C\C/C=C\C/C=C\C/C=C\C/C=C\CCCCC(=O)OC(COC(=O)CCCCCCCCCCCCCCCCCCCCCCCC/C=C\C/C=C\C/C=C\C/C=C\CC)COP(=O)([O-])OCC[N+](C)(C)C. The molecule has 0 bridgehead atoms. The number of ether oxygens (including phenoxy) is 2. The second-order valence-electron chi connectivity index (χ2n) is 25.2. The van der Waals surface area contributed by atoms with Crippen molar-refractivity contribution >= 4 is 19.8 Å². The third-order valence-electron chi connectivity index (χ3n) is 15.2. The maximum absolute atomic E-state index is 12.9. The van der Waals surface area contributed by atoms with Crippen molar-refractivity contribution in [3.8, 4) is 0 Å². The number of esters is 2. The third kappa shape index (κ3) is 74.4. The van der Waals surface area contributed by atoms with Gasteiger partial charge in [-0.1, -0.05) is 312 Å². The Morgan fingerprint density at radius 2 is 0.587 bits per heavy atom. The molecular formula is C82H136NO8P. The van der Waals surface area contributed by atoms with Gasteiger partial charge in [-0.3, -0.25) is 14.2 Å². The predicted molar refractivity (Wildman–Crippen MR) is 396 cm³/mol. The Hall–Kier alpha value is -4.63. The molecule has 0 aliphatic rings. The van der Waals surface area contributed by atoms with Crippen LogP contribution in [0.2, 0.25) is 0 Å². The summed E-state index contributed by atoms with van der Waals surface area (Å²) in [7, 11) is 1.12. The van der Waals surface area contributed by atoms with Gasteiger partial charge in [-0.25, -0.2) is 0 Å². The standard InChI is InChI=1S/C82H136NO8P/c1-6-8-10-12-14-16-18-20-22-24-26-28-30-32-34-36-38-40-41-43-44-46-48-50-52-54-56-58-60-62-64-66-68-70-72-74-81(84)88-78-80(79-90-92(86,87)89-77-76-83(3,4)5)91-82(85)75-73-71-69-67-65-63-61-59-57-55-53-51-49-47-45-42-39-37-35-33-31-29-27-25-23-21-19-17-15-13-11-9-7-2/h8-11,14-17,20-23,26-29,33,35,39,42,47,49,53,55,59,61,65,67,80H,6-7,12-13,18-19,24-25,30-32,34,36-38,40-41,43-46,48,50-52,54,56-58,60,62-64,66,68-79H2,1-5H3/b10-8-,11-9-,16-14-,17-15-,22-20-,23-21-,28-26-,29-27-,35-33-,42-39-,49-47-,55-53-,61-59-,67-65-. The van der Waals surface area contributed by atoms with Gasteiger partial charge in [0.05, 0.1) is 27.7 Å². The van der Waals surface area contributed by atoms with Gasteiger partial charge in [-0.2, -0.15) is 0 Å². The largest absolute Gasteiger partial charge is 0.756 e. The zero-order valence-corrected chi connectivity index (χ0v) is 60.3. The fourth-order valence-electron chi connectivity index (χ4n) is 9.68. The highest BCUT2D eigenvalue weighted by Gasteiger charge is 2.22. The van der Waals surface area contributed by atoms with Crippen LogP contribution in [0.5, 0.6) is 0 Å². The van der Waals surface area contributed by atoms with Crippen LogP contribution in [-0.2, 0) is 32.7 Å². The van der Waals surface area contributed by atoms with Gasteiger partial charge in [0, 0.05) is 12.8 Å². The number of rotatable bonds is 66. The second-order valence-corrected chi connectivity index (χ2v) is 26.6. The van der Waals surface area contributed by atoms with E-state index in [4.69, 9.17) is 18.5 Å². The summed E-state index contributed by atoms with van der Waals surface area (Å²) < 4.78 is 34.3. The average molecular weight is 1290 g/mol. The van der Waals surface area contributed by atoms with Crippen LogP contribution in [0, 0.1) is 0 Å². The minimum Gasteiger partial charge on any atom is -0.756 e. The number of hydrogen-bond donors (Lipinski definition) is 0. The lowest BCUT2D eigenvalue weighted by Gasteiger charge is -2.28. The van der Waals surface area contributed by atoms with E-state index in [1.807, 2.05) is 21.1 Å². The Bertz CT molecular complexity index is 2160. The molecule has 92 heavy (non-hydrogen) atoms. The number of hydrogen-bond acceptors (Lipinski definition) is 8. The van der Waals surface area contributed by atoms with Crippen molar-refractivity contribution in [3.63, 3.8) is 0 Å². The summed E-state index contributed by atoms with van der Waals surface area (Å²) >= 11 is 0. The molecule has 10 heteroatoms. The minimum atomic E-state index is -4.67. The molecule has 0 saturated heterocycles. The maximum Gasteiger partial charge on any atom is 0.306 e. The van der Waals surface area contributed by atoms with Gasteiger partial charge in [-0.15, -0.1) is 0 Å². The van der Waals surface area contributed by atoms with Gasteiger partial charge in [-0.05, 0) is 128 Å². The summed E-state index contributed by atoms with van der Waals surface area (Å²) in [5.74, 6) is -0.888. The Labute approximate surface area is 566 Å². The number of unbranched alkanes of at least 4 members (excludes halogenated alkanes) is 24. The molecule has 0 aliphatic heterocycles. The number of phosphoric acid groups is 1. The molecule has 0 N–H and O–H groups in total. The Balaban J connectivity index is 4.12. The summed E-state index contributed by atoms with van der Waals surface area (Å²) in [6.07, 6.45) is 107. The van der Waals surface area contributed by atoms with E-state index < -0.39 is 32.5 Å². The molecule has 9 nitrogen and oxygen atoms in total. The lowest BCUT2D eigenvalue weighted by molar-refractivity contribution is -0.870. The van der Waals surface area contributed by atoms with Gasteiger partial charge >= 0.3 is 11.9 Å². The Morgan fingerprint density at radius 1 is 0.337 bits per heavy atom. The molecule has 522 valence electrons. The smallest absolute Gasteiger partial charge is 0.306 e. The molecule has 2 unspecified atom stereocenters. The van der Waals surface area contributed by atoms with Crippen molar-refractivity contribution in [3.05, 3.63) is 170 Å². The molecule has 0 aromatic rings. The molecule has 0 fully saturated rings. The van der Waals surface area contributed by atoms with Gasteiger partial charge in [0.1, 0.15) is 19.8 Å². The van der Waals surface area contributed by atoms with Crippen molar-refractivity contribution in [2.24, 2.45) is 0 Å². The van der Waals surface area contributed by atoms with Crippen molar-refractivity contribution in [2.45, 2.75) is 290 Å². The van der Waals surface area contributed by atoms with Crippen molar-refractivity contribution in [1.29, 1.82) is 0 Å². The number of carbonyl (C=O) groups excluding carboxylic acids is 2. The van der Waals surface area contributed by atoms with Crippen LogP contribution in [0.1, 0.15) is 284 Å². The topological polar surface area (TPSA) is 111 Å². The van der Waals surface area contributed by atoms with E-state index in [2.05, 4.69) is 184 Å². The molecule has 2 atom stereocenters. The number of carbonyl (C=O) groups is 2. The number of quaternary nitrogens is 1. The number of allylic oxidation sites excluding steroid dienone is 28. The van der Waals surface area contributed by atoms with Crippen molar-refractivity contribution < 1.29 is 42.1 Å². The van der Waals surface area contributed by atoms with E-state index in [0.29, 0.717) is 17.4 Å². The first-order valence-electron chi connectivity index (χ1n) is 36.8. The van der Waals surface area contributed by atoms with Gasteiger partial charge in [0.2, 0.25) is 0 Å². The molecular weight excluding hydrogens is 1160 g/mol. The van der Waals surface area contributed by atoms with E-state index in [0.717, 1.165) is 122 Å². The lowest BCUT2D eigenvalue weighted by Crippen LogP contribution is -2.37. The Kier molecular flexibility index (Phi) is 67.1. The van der Waals surface area contributed by atoms with E-state index >= 15 is 0 Å². The van der Waals surface area contributed by atoms with Crippen LogP contribution in [0.15, 0.2) is 170 Å². The zero-order chi connectivity index (χ0) is 66.9. The Morgan fingerprint density at radius 3 is 0.891 bits per heavy atom. The molecule has 0 aliphatic carbocycles. The van der Waals surface area contributed by atoms with E-state index in [-0.39, 0.29) is 26.1 Å². The third-order valence-corrected chi connectivity index (χ3v) is 16.2. The zero-order valence-electron chi connectivity index (χ0n) is 59.4. The fraction of sp³-hybridized carbons (Fsp3) is 0.634. The molecule has 0 aromatic carbocycles. The van der Waals surface area contributed by atoms with Crippen LogP contribution in [0.25, 0.3) is 0 Å². The van der Waals surface area contributed by atoms with Gasteiger partial charge in [0.25, 0.3) is 7.82 Å².